The molecule has 3 heterocycles. The summed E-state index contributed by atoms with van der Waals surface area (Å²) in [6.07, 6.45) is 0. The Morgan fingerprint density at radius 2 is 0.897 bits per heavy atom. The van der Waals surface area contributed by atoms with Crippen LogP contribution >= 0.6 is 0 Å². The topological polar surface area (TPSA) is 47.1 Å². The number of fused-ring (bicyclic) bond motifs is 9. The molecule has 0 radical (unpaired) electrons. The van der Waals surface area contributed by atoms with Crippen LogP contribution in [0.1, 0.15) is 25.0 Å². The van der Waals surface area contributed by atoms with Gasteiger partial charge < -0.3 is 9.32 Å². The van der Waals surface area contributed by atoms with E-state index in [0.717, 1.165) is 106 Å². The summed E-state index contributed by atoms with van der Waals surface area (Å²) in [5.41, 5.74) is 22.2. The lowest BCUT2D eigenvalue weighted by molar-refractivity contribution is 0.661. The van der Waals surface area contributed by atoms with Crippen LogP contribution in [-0.2, 0) is 5.41 Å². The standard InChI is InChI=1S/C73H50N4O/c1-73(2)63-29-14-12-26-57(63)60-44-62-61-43-56(76(55-38-36-51(37-39-55)48-20-8-4-9-21-48)68-30-17-28-59-58-27-13-15-31-70(58)78-71(59)68)40-41-67(61)77(69(62)45-64(60)73)72-74-65(52-34-32-50(33-35-52)47-18-6-3-7-19-47)46-66(75-72)54-25-16-24-53(42-54)49-22-10-5-11-23-49/h3-46H,1-2H3. The third-order valence-corrected chi connectivity index (χ3v) is 16.0. The molecule has 0 unspecified atom stereocenters. The fourth-order valence-electron chi connectivity index (χ4n) is 12.1. The first-order valence-corrected chi connectivity index (χ1v) is 26.7. The Balaban J connectivity index is 0.982. The number of anilines is 3. The van der Waals surface area contributed by atoms with E-state index >= 15 is 0 Å². The number of rotatable bonds is 9. The van der Waals surface area contributed by atoms with Crippen LogP contribution in [0.4, 0.5) is 17.1 Å². The van der Waals surface area contributed by atoms with E-state index in [1.165, 1.54) is 33.4 Å². The molecule has 14 aromatic rings. The van der Waals surface area contributed by atoms with E-state index in [-0.39, 0.29) is 5.41 Å². The van der Waals surface area contributed by atoms with Crippen LogP contribution in [-0.4, -0.2) is 14.5 Å². The highest BCUT2D eigenvalue weighted by Gasteiger charge is 2.36. The van der Waals surface area contributed by atoms with Crippen molar-refractivity contribution in [2.24, 2.45) is 0 Å². The van der Waals surface area contributed by atoms with Gasteiger partial charge in [-0.15, -0.1) is 0 Å². The van der Waals surface area contributed by atoms with Crippen molar-refractivity contribution >= 4 is 60.8 Å². The van der Waals surface area contributed by atoms with Gasteiger partial charge in [-0.05, 0) is 122 Å². The number of para-hydroxylation sites is 2. The average molecular weight is 999 g/mol. The molecule has 78 heavy (non-hydrogen) atoms. The van der Waals surface area contributed by atoms with Gasteiger partial charge in [-0.3, -0.25) is 4.57 Å². The van der Waals surface area contributed by atoms with Crippen molar-refractivity contribution in [1.82, 2.24) is 14.5 Å². The second kappa shape index (κ2) is 18.0. The van der Waals surface area contributed by atoms with Crippen LogP contribution in [0.25, 0.3) is 117 Å². The number of hydrogen-bond acceptors (Lipinski definition) is 4. The molecule has 0 bridgehead atoms. The second-order valence-corrected chi connectivity index (χ2v) is 21.0. The van der Waals surface area contributed by atoms with Crippen molar-refractivity contribution in [3.05, 3.63) is 278 Å². The summed E-state index contributed by atoms with van der Waals surface area (Å²) in [4.78, 5) is 13.6. The summed E-state index contributed by atoms with van der Waals surface area (Å²) in [7, 11) is 0. The summed E-state index contributed by atoms with van der Waals surface area (Å²) < 4.78 is 9.12. The maximum absolute atomic E-state index is 6.82. The molecule has 368 valence electrons. The van der Waals surface area contributed by atoms with Crippen molar-refractivity contribution < 1.29 is 4.42 Å². The summed E-state index contributed by atoms with van der Waals surface area (Å²) in [5, 5.41) is 4.36. The molecule has 3 aromatic heterocycles. The minimum absolute atomic E-state index is 0.243. The van der Waals surface area contributed by atoms with Crippen molar-refractivity contribution in [3.8, 4) is 73.0 Å². The van der Waals surface area contributed by atoms with Gasteiger partial charge in [-0.25, -0.2) is 9.97 Å². The molecule has 0 amide bonds. The Morgan fingerprint density at radius 3 is 1.63 bits per heavy atom. The van der Waals surface area contributed by atoms with Crippen molar-refractivity contribution in [2.45, 2.75) is 19.3 Å². The first kappa shape index (κ1) is 45.3. The third kappa shape index (κ3) is 7.46. The van der Waals surface area contributed by atoms with Gasteiger partial charge in [0.1, 0.15) is 5.58 Å². The maximum atomic E-state index is 6.82. The summed E-state index contributed by atoms with van der Waals surface area (Å²) in [6, 6.07) is 95.6. The van der Waals surface area contributed by atoms with Gasteiger partial charge >= 0.3 is 0 Å². The zero-order valence-corrected chi connectivity index (χ0v) is 43.1. The zero-order chi connectivity index (χ0) is 51.9. The Hall–Kier alpha value is -10.1. The first-order valence-electron chi connectivity index (χ1n) is 26.7. The SMILES string of the molecule is CC1(C)c2ccccc2-c2cc3c4cc(N(c5ccc(-c6ccccc6)cc5)c5cccc6c5oc5ccccc56)ccc4n(-c4nc(-c5ccc(-c6ccccc6)cc5)cc(-c5cccc(-c6ccccc6)c5)n4)c3cc21. The molecule has 0 fully saturated rings. The van der Waals surface area contributed by atoms with Gasteiger partial charge in [0, 0.05) is 49.5 Å². The lowest BCUT2D eigenvalue weighted by atomic mass is 9.82. The lowest BCUT2D eigenvalue weighted by Crippen LogP contribution is -2.15. The quantitative estimate of drug-likeness (QED) is 0.145. The van der Waals surface area contributed by atoms with Crippen LogP contribution in [0.15, 0.2) is 271 Å². The van der Waals surface area contributed by atoms with E-state index in [2.05, 4.69) is 284 Å². The van der Waals surface area contributed by atoms with Gasteiger partial charge in [-0.2, -0.15) is 0 Å². The minimum atomic E-state index is -0.243. The monoisotopic (exact) mass is 998 g/mol. The van der Waals surface area contributed by atoms with Crippen molar-refractivity contribution in [2.75, 3.05) is 4.90 Å². The molecule has 15 rings (SSSR count). The van der Waals surface area contributed by atoms with Crippen LogP contribution in [0, 0.1) is 0 Å². The predicted octanol–water partition coefficient (Wildman–Crippen LogP) is 19.6. The van der Waals surface area contributed by atoms with Crippen molar-refractivity contribution in [1.29, 1.82) is 0 Å². The maximum Gasteiger partial charge on any atom is 0.235 e. The van der Waals surface area contributed by atoms with Gasteiger partial charge in [0.2, 0.25) is 5.95 Å². The van der Waals surface area contributed by atoms with Crippen LogP contribution in [0.5, 0.6) is 0 Å². The fourth-order valence-corrected chi connectivity index (χ4v) is 12.1. The average Bonchev–Trinajstić information content (AvgIpc) is 4.33. The van der Waals surface area contributed by atoms with E-state index in [1.54, 1.807) is 0 Å². The van der Waals surface area contributed by atoms with Gasteiger partial charge in [0.15, 0.2) is 5.58 Å². The van der Waals surface area contributed by atoms with Crippen LogP contribution in [0.3, 0.4) is 0 Å². The predicted molar refractivity (Wildman–Crippen MR) is 323 cm³/mol. The second-order valence-electron chi connectivity index (χ2n) is 21.0. The molecule has 0 N–H and O–H groups in total. The Labute approximate surface area is 452 Å². The van der Waals surface area contributed by atoms with Crippen LogP contribution < -0.4 is 4.90 Å². The van der Waals surface area contributed by atoms with Gasteiger partial charge in [-0.1, -0.05) is 214 Å². The number of benzene rings is 11. The van der Waals surface area contributed by atoms with Crippen LogP contribution in [0.2, 0.25) is 0 Å². The molecule has 1 aliphatic carbocycles. The van der Waals surface area contributed by atoms with E-state index in [9.17, 15) is 0 Å². The number of hydrogen-bond donors (Lipinski definition) is 0. The molecule has 0 saturated carbocycles. The summed E-state index contributed by atoms with van der Waals surface area (Å²) >= 11 is 0. The van der Waals surface area contributed by atoms with E-state index in [0.29, 0.717) is 5.95 Å². The molecule has 0 saturated heterocycles. The number of nitrogens with zero attached hydrogens (tertiary/aromatic N) is 4. The highest BCUT2D eigenvalue weighted by Crippen LogP contribution is 2.52. The molecule has 5 nitrogen and oxygen atoms in total. The summed E-state index contributed by atoms with van der Waals surface area (Å²) in [6.45, 7) is 4.70. The highest BCUT2D eigenvalue weighted by atomic mass is 16.3. The zero-order valence-electron chi connectivity index (χ0n) is 43.1. The van der Waals surface area contributed by atoms with Gasteiger partial charge in [0.05, 0.1) is 28.1 Å². The lowest BCUT2D eigenvalue weighted by Gasteiger charge is -2.26. The van der Waals surface area contributed by atoms with Gasteiger partial charge in [0.25, 0.3) is 0 Å². The first-order chi connectivity index (χ1) is 38.4. The molecule has 1 aliphatic rings. The smallest absolute Gasteiger partial charge is 0.235 e. The molecular weight excluding hydrogens is 949 g/mol. The Kier molecular flexibility index (Phi) is 10.5. The molecule has 11 aromatic carbocycles. The highest BCUT2D eigenvalue weighted by molar-refractivity contribution is 6.14. The largest absolute Gasteiger partial charge is 0.454 e. The normalized spacial score (nSPS) is 12.6. The van der Waals surface area contributed by atoms with E-state index < -0.39 is 0 Å². The molecule has 0 spiro atoms. The van der Waals surface area contributed by atoms with Crippen molar-refractivity contribution in [3.63, 3.8) is 0 Å². The molecule has 0 aliphatic heterocycles. The summed E-state index contributed by atoms with van der Waals surface area (Å²) in [5.74, 6) is 0.598. The van der Waals surface area contributed by atoms with E-state index in [1.807, 2.05) is 6.07 Å². The minimum Gasteiger partial charge on any atom is -0.454 e. The Morgan fingerprint density at radius 1 is 0.359 bits per heavy atom. The fraction of sp³-hybridized carbons (Fsp3) is 0.0411. The number of furan rings is 1. The molecule has 5 heteroatoms. The third-order valence-electron chi connectivity index (χ3n) is 16.0. The molecule has 0 atom stereocenters. The Bertz CT molecular complexity index is 4610. The van der Waals surface area contributed by atoms with E-state index in [4.69, 9.17) is 14.4 Å². The molecular formula is C73H50N4O. The number of aromatic nitrogens is 3.